The number of benzene rings is 2. The molecule has 20 heavy (non-hydrogen) atoms. The first-order valence-electron chi connectivity index (χ1n) is 6.43. The van der Waals surface area contributed by atoms with Crippen LogP contribution in [0.2, 0.25) is 0 Å². The second-order valence-electron chi connectivity index (χ2n) is 4.66. The van der Waals surface area contributed by atoms with Crippen LogP contribution in [-0.4, -0.2) is 4.98 Å². The molecular weight excluding hydrogens is 255 g/mol. The van der Waals surface area contributed by atoms with E-state index in [-0.39, 0.29) is 5.82 Å². The number of hydrogen-bond donors (Lipinski definition) is 2. The zero-order valence-electron chi connectivity index (χ0n) is 10.9. The van der Waals surface area contributed by atoms with Crippen LogP contribution in [0.15, 0.2) is 48.5 Å². The van der Waals surface area contributed by atoms with Crippen molar-refractivity contribution in [1.82, 2.24) is 4.98 Å². The first-order chi connectivity index (χ1) is 9.74. The molecule has 0 aliphatic carbocycles. The zero-order valence-corrected chi connectivity index (χ0v) is 10.9. The number of ether oxygens (including phenoxy) is 1. The lowest BCUT2D eigenvalue weighted by Gasteiger charge is -2.03. The van der Waals surface area contributed by atoms with Gasteiger partial charge in [-0.3, -0.25) is 0 Å². The van der Waals surface area contributed by atoms with Crippen molar-refractivity contribution in [3.63, 3.8) is 0 Å². The van der Waals surface area contributed by atoms with E-state index in [4.69, 9.17) is 10.5 Å². The van der Waals surface area contributed by atoms with Gasteiger partial charge in [0.25, 0.3) is 0 Å². The molecule has 0 aliphatic heterocycles. The fourth-order valence-electron chi connectivity index (χ4n) is 2.14. The number of H-pyrrole nitrogens is 1. The van der Waals surface area contributed by atoms with E-state index in [0.717, 1.165) is 22.2 Å². The van der Waals surface area contributed by atoms with Gasteiger partial charge >= 0.3 is 0 Å². The van der Waals surface area contributed by atoms with Crippen LogP contribution in [0.3, 0.4) is 0 Å². The number of fused-ring (bicyclic) bond motifs is 1. The monoisotopic (exact) mass is 270 g/mol. The third-order valence-electron chi connectivity index (χ3n) is 3.18. The van der Waals surface area contributed by atoms with Crippen LogP contribution in [0.1, 0.15) is 11.3 Å². The smallest absolute Gasteiger partial charge is 0.128 e. The average molecular weight is 270 g/mol. The Morgan fingerprint density at radius 2 is 1.85 bits per heavy atom. The van der Waals surface area contributed by atoms with E-state index in [1.807, 2.05) is 18.2 Å². The van der Waals surface area contributed by atoms with Gasteiger partial charge in [-0.1, -0.05) is 6.07 Å². The highest BCUT2D eigenvalue weighted by atomic mass is 19.1. The maximum Gasteiger partial charge on any atom is 0.128 e. The van der Waals surface area contributed by atoms with Gasteiger partial charge in [0.15, 0.2) is 0 Å². The van der Waals surface area contributed by atoms with Crippen molar-refractivity contribution in [2.24, 2.45) is 5.73 Å². The number of aromatic nitrogens is 1. The zero-order chi connectivity index (χ0) is 13.9. The lowest BCUT2D eigenvalue weighted by molar-refractivity contribution is 0.302. The second kappa shape index (κ2) is 5.35. The standard InChI is InChI=1S/C16H15FN2O/c17-13-2-4-15(5-3-13)20-10-14-8-12-7-11(9-18)1-6-16(12)19-14/h1-8,19H,9-10,18H2. The molecule has 0 aliphatic rings. The van der Waals surface area contributed by atoms with Crippen molar-refractivity contribution >= 4 is 10.9 Å². The molecule has 102 valence electrons. The van der Waals surface area contributed by atoms with E-state index >= 15 is 0 Å². The predicted octanol–water partition coefficient (Wildman–Crippen LogP) is 3.34. The normalized spacial score (nSPS) is 10.9. The molecule has 4 heteroatoms. The minimum absolute atomic E-state index is 0.266. The van der Waals surface area contributed by atoms with Gasteiger partial charge in [-0.25, -0.2) is 4.39 Å². The number of halogens is 1. The topological polar surface area (TPSA) is 51.0 Å². The Morgan fingerprint density at radius 3 is 2.60 bits per heavy atom. The van der Waals surface area contributed by atoms with Crippen LogP contribution < -0.4 is 10.5 Å². The van der Waals surface area contributed by atoms with E-state index in [1.54, 1.807) is 12.1 Å². The summed E-state index contributed by atoms with van der Waals surface area (Å²) in [6.45, 7) is 0.945. The summed E-state index contributed by atoms with van der Waals surface area (Å²) in [4.78, 5) is 3.29. The van der Waals surface area contributed by atoms with Crippen molar-refractivity contribution in [1.29, 1.82) is 0 Å². The van der Waals surface area contributed by atoms with E-state index in [9.17, 15) is 4.39 Å². The fourth-order valence-corrected chi connectivity index (χ4v) is 2.14. The van der Waals surface area contributed by atoms with E-state index in [1.165, 1.54) is 12.1 Å². The lowest BCUT2D eigenvalue weighted by atomic mass is 10.1. The van der Waals surface area contributed by atoms with Gasteiger partial charge in [0.2, 0.25) is 0 Å². The molecule has 0 bridgehead atoms. The fraction of sp³-hybridized carbons (Fsp3) is 0.125. The van der Waals surface area contributed by atoms with Crippen LogP contribution in [0.25, 0.3) is 10.9 Å². The van der Waals surface area contributed by atoms with Crippen LogP contribution in [0.4, 0.5) is 4.39 Å². The van der Waals surface area contributed by atoms with Crippen LogP contribution in [0, 0.1) is 5.82 Å². The van der Waals surface area contributed by atoms with Crippen molar-refractivity contribution in [2.75, 3.05) is 0 Å². The maximum absolute atomic E-state index is 12.8. The summed E-state index contributed by atoms with van der Waals surface area (Å²) in [6, 6.07) is 14.1. The van der Waals surface area contributed by atoms with Crippen molar-refractivity contribution in [3.05, 3.63) is 65.6 Å². The van der Waals surface area contributed by atoms with E-state index in [0.29, 0.717) is 18.9 Å². The molecule has 0 fully saturated rings. The first kappa shape index (κ1) is 12.7. The molecule has 3 nitrogen and oxygen atoms in total. The average Bonchev–Trinajstić information content (AvgIpc) is 2.88. The lowest BCUT2D eigenvalue weighted by Crippen LogP contribution is -1.95. The van der Waals surface area contributed by atoms with Gasteiger partial charge in [0, 0.05) is 17.4 Å². The largest absolute Gasteiger partial charge is 0.487 e. The predicted molar refractivity (Wildman–Crippen MR) is 76.9 cm³/mol. The maximum atomic E-state index is 12.8. The quantitative estimate of drug-likeness (QED) is 0.764. The summed E-state index contributed by atoms with van der Waals surface area (Å²) >= 11 is 0. The molecule has 3 aromatic rings. The highest BCUT2D eigenvalue weighted by molar-refractivity contribution is 5.81. The number of rotatable bonds is 4. The molecule has 0 saturated carbocycles. The number of nitrogens with two attached hydrogens (primary N) is 1. The summed E-state index contributed by atoms with van der Waals surface area (Å²) in [6.07, 6.45) is 0. The molecule has 0 atom stereocenters. The number of hydrogen-bond acceptors (Lipinski definition) is 2. The van der Waals surface area contributed by atoms with Gasteiger partial charge in [-0.2, -0.15) is 0 Å². The van der Waals surface area contributed by atoms with Crippen molar-refractivity contribution in [3.8, 4) is 5.75 Å². The molecule has 3 N–H and O–H groups in total. The first-order valence-corrected chi connectivity index (χ1v) is 6.43. The minimum Gasteiger partial charge on any atom is -0.487 e. The van der Waals surface area contributed by atoms with Crippen LogP contribution in [0.5, 0.6) is 5.75 Å². The molecule has 1 heterocycles. The SMILES string of the molecule is NCc1ccc2[nH]c(COc3ccc(F)cc3)cc2c1. The highest BCUT2D eigenvalue weighted by Crippen LogP contribution is 2.19. The molecular formula is C16H15FN2O. The molecule has 0 saturated heterocycles. The van der Waals surface area contributed by atoms with Crippen LogP contribution >= 0.6 is 0 Å². The van der Waals surface area contributed by atoms with Crippen molar-refractivity contribution < 1.29 is 9.13 Å². The van der Waals surface area contributed by atoms with Gasteiger partial charge in [-0.05, 0) is 48.0 Å². The van der Waals surface area contributed by atoms with E-state index < -0.39 is 0 Å². The Bertz CT molecular complexity index is 719. The van der Waals surface area contributed by atoms with Crippen molar-refractivity contribution in [2.45, 2.75) is 13.2 Å². The summed E-state index contributed by atoms with van der Waals surface area (Å²) in [7, 11) is 0. The minimum atomic E-state index is -0.266. The third-order valence-corrected chi connectivity index (χ3v) is 3.18. The molecule has 0 radical (unpaired) electrons. The molecule has 0 amide bonds. The number of nitrogens with one attached hydrogen (secondary N) is 1. The summed E-state index contributed by atoms with van der Waals surface area (Å²) in [5.74, 6) is 0.380. The Morgan fingerprint density at radius 1 is 1.05 bits per heavy atom. The Hall–Kier alpha value is -2.33. The molecule has 1 aromatic heterocycles. The molecule has 0 unspecified atom stereocenters. The third kappa shape index (κ3) is 2.65. The highest BCUT2D eigenvalue weighted by Gasteiger charge is 2.03. The Labute approximate surface area is 116 Å². The summed E-state index contributed by atoms with van der Waals surface area (Å²) in [5, 5.41) is 1.12. The van der Waals surface area contributed by atoms with Gasteiger partial charge < -0.3 is 15.5 Å². The summed E-state index contributed by atoms with van der Waals surface area (Å²) < 4.78 is 18.4. The Kier molecular flexibility index (Phi) is 3.39. The summed E-state index contributed by atoms with van der Waals surface area (Å²) in [5.41, 5.74) is 8.75. The number of aromatic amines is 1. The Balaban J connectivity index is 1.75. The van der Waals surface area contributed by atoms with Crippen LogP contribution in [-0.2, 0) is 13.2 Å². The molecule has 3 rings (SSSR count). The molecule has 2 aromatic carbocycles. The van der Waals surface area contributed by atoms with Gasteiger partial charge in [-0.15, -0.1) is 0 Å². The van der Waals surface area contributed by atoms with E-state index in [2.05, 4.69) is 11.1 Å². The second-order valence-corrected chi connectivity index (χ2v) is 4.66. The van der Waals surface area contributed by atoms with Gasteiger partial charge in [0.1, 0.15) is 18.2 Å². The van der Waals surface area contributed by atoms with Gasteiger partial charge in [0.05, 0.1) is 5.69 Å². The molecule has 0 spiro atoms.